The number of rotatable bonds is 11. The average molecular weight is 771 g/mol. The van der Waals surface area contributed by atoms with Crippen LogP contribution in [0.25, 0.3) is 6.08 Å². The van der Waals surface area contributed by atoms with Crippen LogP contribution in [0.2, 0.25) is 11.4 Å². The summed E-state index contributed by atoms with van der Waals surface area (Å²) in [7, 11) is -4.20. The lowest BCUT2D eigenvalue weighted by Crippen LogP contribution is -2.66. The van der Waals surface area contributed by atoms with Crippen LogP contribution < -0.4 is 15.3 Å². The summed E-state index contributed by atoms with van der Waals surface area (Å²) in [5, 5.41) is 34.6. The number of carbonyl (C=O) groups is 2. The van der Waals surface area contributed by atoms with Crippen LogP contribution in [-0.2, 0) is 18.7 Å². The number of imide groups is 1. The van der Waals surface area contributed by atoms with Crippen molar-refractivity contribution in [2.45, 2.75) is 64.4 Å². The predicted octanol–water partition coefficient (Wildman–Crippen LogP) is 7.06. The van der Waals surface area contributed by atoms with Gasteiger partial charge in [-0.15, -0.1) is 0 Å². The molecule has 10 nitrogen and oxygen atoms in total. The molecule has 2 amide bonds. The lowest BCUT2D eigenvalue weighted by atomic mass is 9.58. The molecule has 12 heteroatoms. The number of amides is 2. The zero-order valence-corrected chi connectivity index (χ0v) is 33.1. The van der Waals surface area contributed by atoms with E-state index in [1.165, 1.54) is 18.2 Å². The van der Waals surface area contributed by atoms with Crippen LogP contribution in [0, 0.1) is 27.9 Å². The topological polar surface area (TPSA) is 139 Å². The Morgan fingerprint density at radius 2 is 1.59 bits per heavy atom. The van der Waals surface area contributed by atoms with E-state index in [0.717, 1.165) is 37.6 Å². The lowest BCUT2D eigenvalue weighted by Gasteiger charge is -2.46. The fraction of sp³-hybridized carbons (Fsp3) is 0.318. The van der Waals surface area contributed by atoms with Crippen LogP contribution in [0.5, 0.6) is 5.75 Å². The third-order valence-corrected chi connectivity index (χ3v) is 16.6. The normalized spacial score (nSPS) is 21.6. The van der Waals surface area contributed by atoms with Gasteiger partial charge in [0.25, 0.3) is 14.0 Å². The van der Waals surface area contributed by atoms with E-state index in [9.17, 15) is 29.8 Å². The number of phenols is 1. The van der Waals surface area contributed by atoms with Gasteiger partial charge in [-0.3, -0.25) is 19.7 Å². The Balaban J connectivity index is 1.31. The molecule has 2 fully saturated rings. The summed E-state index contributed by atoms with van der Waals surface area (Å²) in [6.45, 7) is 8.84. The minimum absolute atomic E-state index is 0.125. The molecule has 0 saturated carbocycles. The summed E-state index contributed by atoms with van der Waals surface area (Å²) >= 11 is 0. The van der Waals surface area contributed by atoms with Gasteiger partial charge >= 0.3 is 7.12 Å². The van der Waals surface area contributed by atoms with Crippen LogP contribution in [-0.4, -0.2) is 55.0 Å². The number of allylic oxidation sites excluding steroid dienone is 1. The smallest absolute Gasteiger partial charge is 0.455 e. The van der Waals surface area contributed by atoms with Gasteiger partial charge in [0.2, 0.25) is 11.8 Å². The standard InChI is InChI=1S/C44H47BN2O8Si/c1-29(24-30-19-21-34(48)22-20-30)18-23-39-40-31(28-54-56(44(2,3)4,35-14-7-5-8-15-35)36-16-9-6-10-17-36)25-37-41(38(40)27-45(51)55-39)43(50)46(42(37)49)32-12-11-13-33(26-32)47(52)53/h5-17,19-22,24,26,37-39,41,48,51H,18,23,25,27-28H2,1-4H3/b29-24+/t37-,38+,39-,41-/m1/s1. The molecule has 2 saturated heterocycles. The first-order valence-corrected chi connectivity index (χ1v) is 21.1. The molecule has 0 spiro atoms. The highest BCUT2D eigenvalue weighted by Crippen LogP contribution is 2.52. The van der Waals surface area contributed by atoms with Crippen molar-refractivity contribution in [3.8, 4) is 5.75 Å². The number of non-ortho nitro benzene ring substituents is 1. The Labute approximate surface area is 328 Å². The van der Waals surface area contributed by atoms with Gasteiger partial charge in [0.05, 0.1) is 35.2 Å². The number of nitro benzene ring substituents is 1. The molecular formula is C44H47BN2O8Si. The van der Waals surface area contributed by atoms with Crippen LogP contribution in [0.15, 0.2) is 126 Å². The van der Waals surface area contributed by atoms with Crippen LogP contribution >= 0.6 is 0 Å². The van der Waals surface area contributed by atoms with Crippen LogP contribution in [0.4, 0.5) is 11.4 Å². The van der Waals surface area contributed by atoms with Crippen molar-refractivity contribution in [3.05, 3.63) is 142 Å². The van der Waals surface area contributed by atoms with Crippen molar-refractivity contribution in [1.29, 1.82) is 0 Å². The number of benzene rings is 4. The Bertz CT molecular complexity index is 2130. The van der Waals surface area contributed by atoms with Gasteiger partial charge in [0.15, 0.2) is 0 Å². The van der Waals surface area contributed by atoms with E-state index < -0.39 is 56.0 Å². The second-order valence-corrected chi connectivity index (χ2v) is 20.5. The Morgan fingerprint density at radius 3 is 2.20 bits per heavy atom. The van der Waals surface area contributed by atoms with E-state index in [1.54, 1.807) is 18.2 Å². The lowest BCUT2D eigenvalue weighted by molar-refractivity contribution is -0.384. The number of phenolic OH excluding ortho intramolecular Hbond substituents is 1. The van der Waals surface area contributed by atoms with Crippen molar-refractivity contribution in [2.75, 3.05) is 11.5 Å². The molecule has 4 aromatic carbocycles. The number of hydrogen-bond donors (Lipinski definition) is 2. The van der Waals surface area contributed by atoms with Crippen molar-refractivity contribution in [2.24, 2.45) is 17.8 Å². The average Bonchev–Trinajstić information content (AvgIpc) is 3.43. The maximum Gasteiger partial charge on any atom is 0.455 e. The number of hydrogen-bond acceptors (Lipinski definition) is 8. The van der Waals surface area contributed by atoms with E-state index in [2.05, 4.69) is 45.0 Å². The van der Waals surface area contributed by atoms with Crippen molar-refractivity contribution in [3.63, 3.8) is 0 Å². The first-order chi connectivity index (χ1) is 26.8. The number of fused-ring (bicyclic) bond motifs is 3. The zero-order chi connectivity index (χ0) is 39.8. The Kier molecular flexibility index (Phi) is 11.0. The highest BCUT2D eigenvalue weighted by Gasteiger charge is 2.58. The monoisotopic (exact) mass is 770 g/mol. The number of anilines is 1. The molecule has 56 heavy (non-hydrogen) atoms. The molecule has 7 rings (SSSR count). The largest absolute Gasteiger partial charge is 0.508 e. The van der Waals surface area contributed by atoms with E-state index >= 15 is 0 Å². The third kappa shape index (κ3) is 7.42. The fourth-order valence-electron chi connectivity index (χ4n) is 9.14. The number of nitro groups is 1. The van der Waals surface area contributed by atoms with Crippen LogP contribution in [0.1, 0.15) is 52.5 Å². The predicted molar refractivity (Wildman–Crippen MR) is 220 cm³/mol. The fourth-order valence-corrected chi connectivity index (χ4v) is 13.7. The summed E-state index contributed by atoms with van der Waals surface area (Å²) < 4.78 is 13.8. The van der Waals surface area contributed by atoms with Gasteiger partial charge in [-0.2, -0.15) is 0 Å². The molecule has 0 aromatic heterocycles. The van der Waals surface area contributed by atoms with Gasteiger partial charge in [-0.25, -0.2) is 4.90 Å². The quantitative estimate of drug-likeness (QED) is 0.0544. The Hall–Kier alpha value is -5.14. The van der Waals surface area contributed by atoms with Gasteiger partial charge in [-0.1, -0.05) is 111 Å². The molecule has 4 aromatic rings. The molecular weight excluding hydrogens is 723 g/mol. The van der Waals surface area contributed by atoms with Crippen LogP contribution in [0.3, 0.4) is 0 Å². The highest BCUT2D eigenvalue weighted by molar-refractivity contribution is 6.99. The molecule has 2 aliphatic heterocycles. The SMILES string of the molecule is C/C(=C\c1ccc(O)cc1)CC[C@H]1OB(O)C[C@H]2C1=C(CO[Si](c1ccccc1)(c1ccccc1)C(C)(C)C)C[C@H]1C(=O)N(c3cccc([N+](=O)[O-])c3)C(=O)[C@H]12. The summed E-state index contributed by atoms with van der Waals surface area (Å²) in [6.07, 6.45) is 3.01. The number of aromatic hydroxyl groups is 1. The summed E-state index contributed by atoms with van der Waals surface area (Å²) in [6, 6.07) is 33.2. The van der Waals surface area contributed by atoms with E-state index in [1.807, 2.05) is 61.5 Å². The molecule has 1 aliphatic carbocycles. The molecule has 0 bridgehead atoms. The second kappa shape index (κ2) is 15.8. The van der Waals surface area contributed by atoms with Crippen molar-refractivity contribution >= 4 is 55.1 Å². The first kappa shape index (κ1) is 39.1. The maximum atomic E-state index is 14.5. The molecule has 2 N–H and O–H groups in total. The number of nitrogens with zero attached hydrogens (tertiary/aromatic N) is 2. The summed E-state index contributed by atoms with van der Waals surface area (Å²) in [4.78, 5) is 41.1. The zero-order valence-electron chi connectivity index (χ0n) is 32.1. The molecule has 3 aliphatic rings. The van der Waals surface area contributed by atoms with Gasteiger partial charge in [-0.05, 0) is 88.7 Å². The number of carbonyl (C=O) groups excluding carboxylic acids is 2. The third-order valence-electron chi connectivity index (χ3n) is 11.6. The van der Waals surface area contributed by atoms with Gasteiger partial charge in [0, 0.05) is 12.1 Å². The van der Waals surface area contributed by atoms with Crippen molar-refractivity contribution < 1.29 is 33.7 Å². The Morgan fingerprint density at radius 1 is 0.946 bits per heavy atom. The first-order valence-electron chi connectivity index (χ1n) is 19.2. The summed E-state index contributed by atoms with van der Waals surface area (Å²) in [5.74, 6) is -2.67. The second-order valence-electron chi connectivity index (χ2n) is 16.2. The van der Waals surface area contributed by atoms with Crippen molar-refractivity contribution in [1.82, 2.24) is 0 Å². The molecule has 288 valence electrons. The van der Waals surface area contributed by atoms with Gasteiger partial charge in [0.1, 0.15) is 5.75 Å². The highest BCUT2D eigenvalue weighted by atomic mass is 28.4. The molecule has 0 unspecified atom stereocenters. The summed E-state index contributed by atoms with van der Waals surface area (Å²) in [5.41, 5.74) is 3.75. The van der Waals surface area contributed by atoms with E-state index in [-0.39, 0.29) is 41.5 Å². The van der Waals surface area contributed by atoms with Gasteiger partial charge < -0.3 is 19.2 Å². The maximum absolute atomic E-state index is 14.5. The van der Waals surface area contributed by atoms with E-state index in [4.69, 9.17) is 9.08 Å². The molecule has 0 radical (unpaired) electrons. The minimum atomic E-state index is -3.03. The molecule has 4 atom stereocenters. The minimum Gasteiger partial charge on any atom is -0.508 e. The van der Waals surface area contributed by atoms with E-state index in [0.29, 0.717) is 12.8 Å². The molecule has 2 heterocycles.